The van der Waals surface area contributed by atoms with Gasteiger partial charge in [0.1, 0.15) is 37.0 Å². The van der Waals surface area contributed by atoms with Gasteiger partial charge in [-0.15, -0.1) is 0 Å². The van der Waals surface area contributed by atoms with Crippen molar-refractivity contribution in [3.63, 3.8) is 0 Å². The van der Waals surface area contributed by atoms with Crippen molar-refractivity contribution >= 4 is 11.6 Å². The van der Waals surface area contributed by atoms with Crippen LogP contribution < -0.4 is 20.3 Å². The summed E-state index contributed by atoms with van der Waals surface area (Å²) < 4.78 is 17.4. The minimum absolute atomic E-state index is 0.0727. The Labute approximate surface area is 165 Å². The number of nitrogens with one attached hydrogen (secondary N) is 2. The molecule has 0 bridgehead atoms. The average molecular weight is 389 g/mol. The first-order chi connectivity index (χ1) is 13.6. The van der Waals surface area contributed by atoms with Crippen LogP contribution in [0.4, 0.5) is 16.0 Å². The summed E-state index contributed by atoms with van der Waals surface area (Å²) in [5, 5.41) is 17.4. The third-order valence-electron chi connectivity index (χ3n) is 4.84. The van der Waals surface area contributed by atoms with Crippen LogP contribution in [0.3, 0.4) is 0 Å². The number of anilines is 2. The number of halogens is 1. The molecule has 1 saturated heterocycles. The third kappa shape index (κ3) is 5.53. The molecule has 0 spiro atoms. The van der Waals surface area contributed by atoms with Gasteiger partial charge in [0.2, 0.25) is 0 Å². The zero-order chi connectivity index (χ0) is 19.8. The van der Waals surface area contributed by atoms with Gasteiger partial charge in [0.25, 0.3) is 0 Å². The molecule has 8 heteroatoms. The number of β-amino-alcohol motifs (C(OH)–C–C–N with tert-alkyl or cyclic N) is 1. The molecule has 2 aromatic rings. The summed E-state index contributed by atoms with van der Waals surface area (Å²) in [6.45, 7) is 2.10. The Hall–Kier alpha value is -2.45. The highest BCUT2D eigenvalue weighted by atomic mass is 19.1. The van der Waals surface area contributed by atoms with Crippen LogP contribution in [-0.4, -0.2) is 60.6 Å². The van der Waals surface area contributed by atoms with Crippen LogP contribution in [0.1, 0.15) is 18.4 Å². The minimum atomic E-state index is -0.812. The van der Waals surface area contributed by atoms with Crippen molar-refractivity contribution < 1.29 is 14.2 Å². The number of nitrogens with zero attached hydrogens (tertiary/aromatic N) is 3. The summed E-state index contributed by atoms with van der Waals surface area (Å²) in [7, 11) is 1.82. The highest BCUT2D eigenvalue weighted by Crippen LogP contribution is 2.25. The monoisotopic (exact) mass is 389 g/mol. The summed E-state index contributed by atoms with van der Waals surface area (Å²) in [5.74, 6) is 2.24. The van der Waals surface area contributed by atoms with E-state index in [9.17, 15) is 9.50 Å². The van der Waals surface area contributed by atoms with Gasteiger partial charge >= 0.3 is 0 Å². The van der Waals surface area contributed by atoms with Crippen LogP contribution in [0.15, 0.2) is 36.7 Å². The third-order valence-corrected chi connectivity index (χ3v) is 4.84. The Kier molecular flexibility index (Phi) is 7.00. The average Bonchev–Trinajstić information content (AvgIpc) is 2.73. The maximum atomic E-state index is 12.1. The molecule has 0 aliphatic carbocycles. The maximum Gasteiger partial charge on any atom is 0.134 e. The maximum absolute atomic E-state index is 12.1. The predicted molar refractivity (Wildman–Crippen MR) is 108 cm³/mol. The molecular weight excluding hydrogens is 361 g/mol. The molecule has 0 radical (unpaired) electrons. The van der Waals surface area contributed by atoms with E-state index in [1.807, 2.05) is 37.4 Å². The van der Waals surface area contributed by atoms with Gasteiger partial charge in [-0.25, -0.2) is 14.4 Å². The molecule has 0 amide bonds. The molecule has 3 N–H and O–H groups in total. The number of aromatic nitrogens is 2. The fraction of sp³-hybridized carbons (Fsp3) is 0.500. The number of ether oxygens (including phenoxy) is 1. The predicted octanol–water partition coefficient (Wildman–Crippen LogP) is 1.99. The summed E-state index contributed by atoms with van der Waals surface area (Å²) in [4.78, 5) is 10.6. The van der Waals surface area contributed by atoms with E-state index in [1.165, 1.54) is 6.33 Å². The summed E-state index contributed by atoms with van der Waals surface area (Å²) in [6.07, 6.45) is 3.18. The molecule has 0 unspecified atom stereocenters. The second kappa shape index (κ2) is 9.66. The Morgan fingerprint density at radius 3 is 2.86 bits per heavy atom. The fourth-order valence-electron chi connectivity index (χ4n) is 3.41. The Balaban J connectivity index is 1.51. The molecule has 152 valence electrons. The second-order valence-corrected chi connectivity index (χ2v) is 7.05. The Bertz CT molecular complexity index is 746. The molecule has 7 nitrogen and oxygen atoms in total. The van der Waals surface area contributed by atoms with Crippen LogP contribution in [0.25, 0.3) is 0 Å². The van der Waals surface area contributed by atoms with E-state index in [4.69, 9.17) is 4.74 Å². The summed E-state index contributed by atoms with van der Waals surface area (Å²) in [6, 6.07) is 9.44. The van der Waals surface area contributed by atoms with Gasteiger partial charge in [-0.1, -0.05) is 12.1 Å². The van der Waals surface area contributed by atoms with Gasteiger partial charge in [-0.2, -0.15) is 0 Å². The normalized spacial score (nSPS) is 19.5. The molecule has 1 aromatic heterocycles. The first-order valence-corrected chi connectivity index (χ1v) is 9.57. The minimum Gasteiger partial charge on any atom is -0.491 e. The van der Waals surface area contributed by atoms with Crippen LogP contribution in [-0.2, 0) is 6.54 Å². The van der Waals surface area contributed by atoms with Crippen molar-refractivity contribution in [3.05, 3.63) is 42.2 Å². The van der Waals surface area contributed by atoms with E-state index in [-0.39, 0.29) is 6.61 Å². The van der Waals surface area contributed by atoms with E-state index in [2.05, 4.69) is 25.5 Å². The van der Waals surface area contributed by atoms with E-state index in [1.54, 1.807) is 0 Å². The molecule has 1 fully saturated rings. The summed E-state index contributed by atoms with van der Waals surface area (Å²) >= 11 is 0. The molecule has 1 aliphatic rings. The number of hydrogen-bond donors (Lipinski definition) is 3. The SMILES string of the molecule is CNc1cc(N2CCC[C@](O)(CNCc3ccc(OCCF)cc3)C2)ncn1. The molecule has 1 aliphatic heterocycles. The first kappa shape index (κ1) is 20.3. The number of piperidine rings is 1. The molecule has 28 heavy (non-hydrogen) atoms. The van der Waals surface area contributed by atoms with Crippen LogP contribution in [0.5, 0.6) is 5.75 Å². The lowest BCUT2D eigenvalue weighted by Crippen LogP contribution is -2.53. The topological polar surface area (TPSA) is 82.5 Å². The van der Waals surface area contributed by atoms with Crippen molar-refractivity contribution in [1.82, 2.24) is 15.3 Å². The largest absolute Gasteiger partial charge is 0.491 e. The van der Waals surface area contributed by atoms with Crippen molar-refractivity contribution in [2.45, 2.75) is 25.0 Å². The van der Waals surface area contributed by atoms with Gasteiger partial charge in [0, 0.05) is 39.3 Å². The number of alkyl halides is 1. The van der Waals surface area contributed by atoms with Crippen LogP contribution >= 0.6 is 0 Å². The van der Waals surface area contributed by atoms with Gasteiger partial charge in [-0.3, -0.25) is 0 Å². The van der Waals surface area contributed by atoms with E-state index in [0.29, 0.717) is 25.4 Å². The van der Waals surface area contributed by atoms with Crippen molar-refractivity contribution in [3.8, 4) is 5.75 Å². The van der Waals surface area contributed by atoms with Crippen LogP contribution in [0, 0.1) is 0 Å². The molecule has 1 atom stereocenters. The standard InChI is InChI=1S/C20H28FN5O2/c1-22-18-11-19(25-15-24-18)26-9-2-7-20(27,14-26)13-23-12-16-3-5-17(6-4-16)28-10-8-21/h3-6,11,15,23,27H,2,7-10,12-14H2,1H3,(H,22,24,25)/t20-/m0/s1. The molecule has 0 saturated carbocycles. The van der Waals surface area contributed by atoms with Gasteiger partial charge in [0.15, 0.2) is 0 Å². The number of aliphatic hydroxyl groups is 1. The smallest absolute Gasteiger partial charge is 0.134 e. The lowest BCUT2D eigenvalue weighted by molar-refractivity contribution is 0.0259. The van der Waals surface area contributed by atoms with Crippen LogP contribution in [0.2, 0.25) is 0 Å². The lowest BCUT2D eigenvalue weighted by atomic mass is 9.92. The molecule has 1 aromatic carbocycles. The van der Waals surface area contributed by atoms with Gasteiger partial charge in [0.05, 0.1) is 5.60 Å². The second-order valence-electron chi connectivity index (χ2n) is 7.05. The number of rotatable bonds is 9. The van der Waals surface area contributed by atoms with Gasteiger partial charge < -0.3 is 25.4 Å². The highest BCUT2D eigenvalue weighted by molar-refractivity contribution is 5.48. The Morgan fingerprint density at radius 1 is 1.29 bits per heavy atom. The van der Waals surface area contributed by atoms with Crippen molar-refractivity contribution in [1.29, 1.82) is 0 Å². The zero-order valence-electron chi connectivity index (χ0n) is 16.2. The molecule has 3 rings (SSSR count). The Morgan fingerprint density at radius 2 is 2.11 bits per heavy atom. The number of hydrogen-bond acceptors (Lipinski definition) is 7. The van der Waals surface area contributed by atoms with E-state index >= 15 is 0 Å². The first-order valence-electron chi connectivity index (χ1n) is 9.57. The lowest BCUT2D eigenvalue weighted by Gasteiger charge is -2.40. The van der Waals surface area contributed by atoms with Crippen molar-refractivity contribution in [2.75, 3.05) is 50.2 Å². The van der Waals surface area contributed by atoms with E-state index < -0.39 is 12.3 Å². The van der Waals surface area contributed by atoms with Gasteiger partial charge in [-0.05, 0) is 30.5 Å². The molecular formula is C20H28FN5O2. The summed E-state index contributed by atoms with van der Waals surface area (Å²) in [5.41, 5.74) is 0.269. The number of benzene rings is 1. The van der Waals surface area contributed by atoms with E-state index in [0.717, 1.165) is 36.6 Å². The highest BCUT2D eigenvalue weighted by Gasteiger charge is 2.33. The fourth-order valence-corrected chi connectivity index (χ4v) is 3.41. The van der Waals surface area contributed by atoms with Crippen molar-refractivity contribution in [2.24, 2.45) is 0 Å². The quantitative estimate of drug-likeness (QED) is 0.605. The zero-order valence-corrected chi connectivity index (χ0v) is 16.2. The molecule has 2 heterocycles.